The minimum absolute atomic E-state index is 0.722. The maximum Gasteiger partial charge on any atom is 0.00574 e. The number of hydrogen-bond donors (Lipinski definition) is 0. The fourth-order valence-corrected chi connectivity index (χ4v) is 3.22. The summed E-state index contributed by atoms with van der Waals surface area (Å²) in [5, 5.41) is 0. The molecule has 2 rings (SSSR count). The molecule has 1 aliphatic carbocycles. The van der Waals surface area contributed by atoms with E-state index in [0.717, 1.165) is 5.92 Å². The second-order valence-electron chi connectivity index (χ2n) is 5.85. The van der Waals surface area contributed by atoms with E-state index in [1.165, 1.54) is 56.9 Å². The van der Waals surface area contributed by atoms with Crippen molar-refractivity contribution in [1.29, 1.82) is 0 Å². The maximum absolute atomic E-state index is 2.47. The number of rotatable bonds is 8. The van der Waals surface area contributed by atoms with Crippen LogP contribution in [0.4, 0.5) is 0 Å². The minimum Gasteiger partial charge on any atom is -0.0654 e. The van der Waals surface area contributed by atoms with Gasteiger partial charge in [0.05, 0.1) is 0 Å². The van der Waals surface area contributed by atoms with E-state index in [0.29, 0.717) is 0 Å². The van der Waals surface area contributed by atoms with Gasteiger partial charge in [-0.2, -0.15) is 0 Å². The smallest absolute Gasteiger partial charge is 0.00574 e. The third kappa shape index (κ3) is 3.72. The van der Waals surface area contributed by atoms with Gasteiger partial charge in [-0.1, -0.05) is 81.9 Å². The summed E-state index contributed by atoms with van der Waals surface area (Å²) in [5.41, 5.74) is 4.77. The van der Waals surface area contributed by atoms with Gasteiger partial charge in [0.2, 0.25) is 0 Å². The summed E-state index contributed by atoms with van der Waals surface area (Å²) in [6.07, 6.45) is 13.3. The Morgan fingerprint density at radius 2 is 1.63 bits per heavy atom. The highest BCUT2D eigenvalue weighted by Gasteiger charge is 2.23. The molecule has 0 aromatic heterocycles. The first kappa shape index (κ1) is 14.4. The molecular weight excluding hydrogens is 228 g/mol. The fourth-order valence-electron chi connectivity index (χ4n) is 3.22. The van der Waals surface area contributed by atoms with Crippen molar-refractivity contribution in [2.75, 3.05) is 0 Å². The normalized spacial score (nSPS) is 17.4. The Morgan fingerprint density at radius 1 is 0.895 bits per heavy atom. The van der Waals surface area contributed by atoms with Gasteiger partial charge < -0.3 is 0 Å². The summed E-state index contributed by atoms with van der Waals surface area (Å²) >= 11 is 0. The summed E-state index contributed by atoms with van der Waals surface area (Å²) in [7, 11) is 0. The van der Waals surface area contributed by atoms with E-state index in [-0.39, 0.29) is 0 Å². The summed E-state index contributed by atoms with van der Waals surface area (Å²) < 4.78 is 0. The van der Waals surface area contributed by atoms with Crippen molar-refractivity contribution in [3.05, 3.63) is 41.0 Å². The van der Waals surface area contributed by atoms with Gasteiger partial charge in [-0.15, -0.1) is 0 Å². The van der Waals surface area contributed by atoms with E-state index >= 15 is 0 Å². The second kappa shape index (κ2) is 7.53. The first-order valence-corrected chi connectivity index (χ1v) is 8.16. The van der Waals surface area contributed by atoms with Crippen molar-refractivity contribution in [3.8, 4) is 0 Å². The SMILES string of the molecule is CCCCCC1=Cc2ccccc2C1CCCCC. The van der Waals surface area contributed by atoms with Crippen molar-refractivity contribution in [1.82, 2.24) is 0 Å². The average molecular weight is 256 g/mol. The van der Waals surface area contributed by atoms with Crippen LogP contribution in [0.15, 0.2) is 29.8 Å². The Hall–Kier alpha value is -1.04. The van der Waals surface area contributed by atoms with Crippen molar-refractivity contribution >= 4 is 6.08 Å². The van der Waals surface area contributed by atoms with E-state index in [4.69, 9.17) is 0 Å². The minimum atomic E-state index is 0.722. The topological polar surface area (TPSA) is 0 Å². The van der Waals surface area contributed by atoms with Crippen LogP contribution in [-0.4, -0.2) is 0 Å². The Kier molecular flexibility index (Phi) is 5.69. The Bertz CT molecular complexity index is 414. The Labute approximate surface area is 118 Å². The Morgan fingerprint density at radius 3 is 2.42 bits per heavy atom. The standard InChI is InChI=1S/C19H28/c1-3-5-7-11-16-15-17-12-9-10-14-19(17)18(16)13-8-6-4-2/h9-10,12,14-15,18H,3-8,11,13H2,1-2H3. The molecular formula is C19H28. The lowest BCUT2D eigenvalue weighted by Gasteiger charge is -2.17. The molecule has 104 valence electrons. The van der Waals surface area contributed by atoms with Crippen molar-refractivity contribution in [2.45, 2.75) is 71.1 Å². The molecule has 1 unspecified atom stereocenters. The molecule has 0 amide bonds. The van der Waals surface area contributed by atoms with Gasteiger partial charge in [-0.05, 0) is 30.4 Å². The van der Waals surface area contributed by atoms with Crippen molar-refractivity contribution in [2.24, 2.45) is 0 Å². The summed E-state index contributed by atoms with van der Waals surface area (Å²) in [6.45, 7) is 4.58. The molecule has 0 spiro atoms. The lowest BCUT2D eigenvalue weighted by Crippen LogP contribution is -1.99. The van der Waals surface area contributed by atoms with Gasteiger partial charge in [0.25, 0.3) is 0 Å². The van der Waals surface area contributed by atoms with Crippen LogP contribution in [0.5, 0.6) is 0 Å². The molecule has 19 heavy (non-hydrogen) atoms. The van der Waals surface area contributed by atoms with Crippen LogP contribution >= 0.6 is 0 Å². The first-order chi connectivity index (χ1) is 9.36. The zero-order valence-corrected chi connectivity index (χ0v) is 12.6. The van der Waals surface area contributed by atoms with Crippen molar-refractivity contribution < 1.29 is 0 Å². The summed E-state index contributed by atoms with van der Waals surface area (Å²) in [5.74, 6) is 0.722. The van der Waals surface area contributed by atoms with Gasteiger partial charge in [-0.25, -0.2) is 0 Å². The van der Waals surface area contributed by atoms with Crippen LogP contribution in [0.1, 0.15) is 82.3 Å². The van der Waals surface area contributed by atoms with E-state index in [1.807, 2.05) is 0 Å². The van der Waals surface area contributed by atoms with Gasteiger partial charge >= 0.3 is 0 Å². The second-order valence-corrected chi connectivity index (χ2v) is 5.85. The van der Waals surface area contributed by atoms with Crippen LogP contribution in [0.25, 0.3) is 6.08 Å². The Balaban J connectivity index is 2.03. The quantitative estimate of drug-likeness (QED) is 0.477. The van der Waals surface area contributed by atoms with Crippen LogP contribution in [0.3, 0.4) is 0 Å². The number of benzene rings is 1. The number of hydrogen-bond acceptors (Lipinski definition) is 0. The van der Waals surface area contributed by atoms with Crippen LogP contribution < -0.4 is 0 Å². The largest absolute Gasteiger partial charge is 0.0654 e. The molecule has 0 heterocycles. The molecule has 0 saturated heterocycles. The van der Waals surface area contributed by atoms with Crippen molar-refractivity contribution in [3.63, 3.8) is 0 Å². The van der Waals surface area contributed by atoms with E-state index in [2.05, 4.69) is 44.2 Å². The number of unbranched alkanes of at least 4 members (excludes halogenated alkanes) is 4. The fraction of sp³-hybridized carbons (Fsp3) is 0.579. The molecule has 0 N–H and O–H groups in total. The number of fused-ring (bicyclic) bond motifs is 1. The zero-order chi connectivity index (χ0) is 13.5. The zero-order valence-electron chi connectivity index (χ0n) is 12.6. The highest BCUT2D eigenvalue weighted by molar-refractivity contribution is 5.66. The highest BCUT2D eigenvalue weighted by Crippen LogP contribution is 2.41. The van der Waals surface area contributed by atoms with E-state index in [1.54, 1.807) is 11.1 Å². The third-order valence-corrected chi connectivity index (χ3v) is 4.33. The van der Waals surface area contributed by atoms with Gasteiger partial charge in [-0.3, -0.25) is 0 Å². The maximum atomic E-state index is 2.47. The predicted molar refractivity (Wildman–Crippen MR) is 85.4 cm³/mol. The summed E-state index contributed by atoms with van der Waals surface area (Å²) in [6, 6.07) is 9.01. The molecule has 0 aliphatic heterocycles. The molecule has 0 nitrogen and oxygen atoms in total. The van der Waals surface area contributed by atoms with Gasteiger partial charge in [0, 0.05) is 5.92 Å². The lowest BCUT2D eigenvalue weighted by atomic mass is 9.88. The number of allylic oxidation sites excluding steroid dienone is 1. The molecule has 0 saturated carbocycles. The molecule has 1 aromatic carbocycles. The van der Waals surface area contributed by atoms with E-state index in [9.17, 15) is 0 Å². The molecule has 1 aliphatic rings. The molecule has 0 fully saturated rings. The average Bonchev–Trinajstić information content (AvgIpc) is 2.78. The lowest BCUT2D eigenvalue weighted by molar-refractivity contribution is 0.593. The molecule has 0 radical (unpaired) electrons. The highest BCUT2D eigenvalue weighted by atomic mass is 14.3. The monoisotopic (exact) mass is 256 g/mol. The summed E-state index contributed by atoms with van der Waals surface area (Å²) in [4.78, 5) is 0. The first-order valence-electron chi connectivity index (χ1n) is 8.16. The van der Waals surface area contributed by atoms with Crippen LogP contribution in [0.2, 0.25) is 0 Å². The molecule has 0 heteroatoms. The molecule has 0 bridgehead atoms. The van der Waals surface area contributed by atoms with Gasteiger partial charge in [0.15, 0.2) is 0 Å². The molecule has 1 aromatic rings. The van der Waals surface area contributed by atoms with E-state index < -0.39 is 0 Å². The van der Waals surface area contributed by atoms with Gasteiger partial charge in [0.1, 0.15) is 0 Å². The third-order valence-electron chi connectivity index (χ3n) is 4.33. The van der Waals surface area contributed by atoms with Crippen LogP contribution in [-0.2, 0) is 0 Å². The molecule has 1 atom stereocenters. The van der Waals surface area contributed by atoms with Crippen LogP contribution in [0, 0.1) is 0 Å². The predicted octanol–water partition coefficient (Wildman–Crippen LogP) is 6.33.